The molecule has 0 aromatic heterocycles. The van der Waals surface area contributed by atoms with Gasteiger partial charge in [-0.05, 0) is 19.4 Å². The first-order chi connectivity index (χ1) is 21.3. The van der Waals surface area contributed by atoms with E-state index in [0.717, 1.165) is 6.07 Å². The number of allylic oxidation sites excluding steroid dienone is 3. The number of amides is 1. The van der Waals surface area contributed by atoms with Crippen molar-refractivity contribution in [2.75, 3.05) is 0 Å². The smallest absolute Gasteiger partial charge is 0.273 e. The van der Waals surface area contributed by atoms with Crippen molar-refractivity contribution in [3.63, 3.8) is 0 Å². The molecule has 1 aromatic carbocycles. The van der Waals surface area contributed by atoms with E-state index >= 15 is 0 Å². The predicted octanol–water partition coefficient (Wildman–Crippen LogP) is 1.30. The molecule has 4 bridgehead atoms. The number of aliphatic hydroxyl groups is 5. The van der Waals surface area contributed by atoms with Crippen molar-refractivity contribution in [3.05, 3.63) is 57.7 Å². The number of carbonyl (C=O) groups excluding carboxylic acids is 3. The van der Waals surface area contributed by atoms with Crippen molar-refractivity contribution in [1.82, 2.24) is 0 Å². The lowest BCUT2D eigenvalue weighted by atomic mass is 9.76. The highest BCUT2D eigenvalue weighted by Crippen LogP contribution is 2.35. The molecule has 11 heteroatoms. The topological polar surface area (TPSA) is 205 Å². The molecule has 0 saturated carbocycles. The Kier molecular flexibility index (Phi) is 11.7. The van der Waals surface area contributed by atoms with Gasteiger partial charge in [-0.1, -0.05) is 65.8 Å². The molecule has 11 nitrogen and oxygen atoms in total. The number of aromatic hydroxyl groups is 2. The fourth-order valence-electron chi connectivity index (χ4n) is 6.31. The van der Waals surface area contributed by atoms with E-state index < -0.39 is 101 Å². The maximum atomic E-state index is 13.8. The molecule has 1 aromatic rings. The molecular weight excluding hydrogens is 594 g/mol. The Bertz CT molecular complexity index is 1590. The van der Waals surface area contributed by atoms with E-state index in [0.29, 0.717) is 0 Å². The van der Waals surface area contributed by atoms with Crippen LogP contribution in [0.4, 0.5) is 0 Å². The summed E-state index contributed by atoms with van der Waals surface area (Å²) < 4.78 is 0. The van der Waals surface area contributed by atoms with Crippen LogP contribution in [0.5, 0.6) is 11.5 Å². The molecule has 1 amide bonds. The number of fused-ring (bicyclic) bond motifs is 15. The summed E-state index contributed by atoms with van der Waals surface area (Å²) in [5.41, 5.74) is -0.629. The first kappa shape index (κ1) is 37.0. The van der Waals surface area contributed by atoms with Crippen molar-refractivity contribution in [3.8, 4) is 11.5 Å². The third-order valence-electron chi connectivity index (χ3n) is 9.70. The number of ketones is 2. The summed E-state index contributed by atoms with van der Waals surface area (Å²) in [6, 6.07) is 0.939. The Morgan fingerprint density at radius 2 is 1.24 bits per heavy atom. The minimum absolute atomic E-state index is 0.0273. The summed E-state index contributed by atoms with van der Waals surface area (Å²) in [6.45, 7) is 12.5. The van der Waals surface area contributed by atoms with Gasteiger partial charge in [-0.25, -0.2) is 4.99 Å². The van der Waals surface area contributed by atoms with E-state index in [4.69, 9.17) is 0 Å². The van der Waals surface area contributed by atoms with Gasteiger partial charge < -0.3 is 35.7 Å². The first-order valence-electron chi connectivity index (χ1n) is 15.6. The molecule has 4 rings (SSSR count). The molecule has 3 aliphatic rings. The van der Waals surface area contributed by atoms with Gasteiger partial charge >= 0.3 is 0 Å². The van der Waals surface area contributed by atoms with Crippen LogP contribution in [0.2, 0.25) is 0 Å². The molecule has 252 valence electrons. The number of phenolic OH excluding ortho intramolecular Hbond substituents is 2. The van der Waals surface area contributed by atoms with Crippen LogP contribution >= 0.6 is 0 Å². The van der Waals surface area contributed by atoms with Crippen molar-refractivity contribution < 1.29 is 50.1 Å². The van der Waals surface area contributed by atoms with Crippen LogP contribution in [0.3, 0.4) is 0 Å². The minimum atomic E-state index is -1.62. The van der Waals surface area contributed by atoms with Crippen LogP contribution in [0.1, 0.15) is 67.1 Å². The number of rotatable bonds is 0. The fraction of sp³-hybridized carbons (Fsp3) is 0.543. The monoisotopic (exact) mass is 641 g/mol. The maximum absolute atomic E-state index is 13.8. The second kappa shape index (κ2) is 14.5. The average Bonchev–Trinajstić information content (AvgIpc) is 3.02. The van der Waals surface area contributed by atoms with Gasteiger partial charge in [0.25, 0.3) is 5.91 Å². The molecule has 11 atom stereocenters. The lowest BCUT2D eigenvalue weighted by Gasteiger charge is -2.36. The van der Waals surface area contributed by atoms with Crippen LogP contribution in [0, 0.1) is 35.5 Å². The molecule has 1 aliphatic carbocycles. The van der Waals surface area contributed by atoms with E-state index in [2.05, 4.69) is 4.99 Å². The lowest BCUT2D eigenvalue weighted by Crippen LogP contribution is -2.45. The number of benzene rings is 1. The van der Waals surface area contributed by atoms with E-state index in [1.54, 1.807) is 40.7 Å². The second-order valence-corrected chi connectivity index (χ2v) is 13.1. The van der Waals surface area contributed by atoms with Gasteiger partial charge in [0.05, 0.1) is 42.0 Å². The van der Waals surface area contributed by atoms with Gasteiger partial charge in [0.2, 0.25) is 0 Å². The van der Waals surface area contributed by atoms with Crippen LogP contribution in [0.25, 0.3) is 5.57 Å². The van der Waals surface area contributed by atoms with Crippen LogP contribution < -0.4 is 10.6 Å². The van der Waals surface area contributed by atoms with Crippen molar-refractivity contribution in [2.45, 2.75) is 85.9 Å². The highest BCUT2D eigenvalue weighted by Gasteiger charge is 2.40. The first-order valence-corrected chi connectivity index (χ1v) is 15.6. The molecule has 2 aliphatic heterocycles. The zero-order chi connectivity index (χ0) is 34.9. The zero-order valence-electron chi connectivity index (χ0n) is 27.5. The van der Waals surface area contributed by atoms with E-state index in [1.165, 1.54) is 39.0 Å². The highest BCUT2D eigenvalue weighted by molar-refractivity contribution is 6.46. The SMILES string of the molecule is CC1=CC=CC(C)C(O)C(C)C(O)C(C)C(O)C(C)C(O)C(C)C=C(C)C(=O)C2=c3c(O)cc(c(O)c3C(O)C(C)C2=O)=NC1=O. The molecule has 2 heterocycles. The largest absolute Gasteiger partial charge is 0.507 e. The predicted molar refractivity (Wildman–Crippen MR) is 170 cm³/mol. The van der Waals surface area contributed by atoms with Crippen molar-refractivity contribution >= 4 is 23.0 Å². The molecule has 0 radical (unpaired) electrons. The third kappa shape index (κ3) is 7.08. The second-order valence-electron chi connectivity index (χ2n) is 13.1. The number of nitrogens with zero attached hydrogens (tertiary/aromatic N) is 1. The van der Waals surface area contributed by atoms with Crippen molar-refractivity contribution in [2.24, 2.45) is 40.5 Å². The van der Waals surface area contributed by atoms with Gasteiger partial charge in [0.1, 0.15) is 16.9 Å². The van der Waals surface area contributed by atoms with Gasteiger partial charge in [0, 0.05) is 52.0 Å². The Hall–Kier alpha value is -3.48. The summed E-state index contributed by atoms with van der Waals surface area (Å²) in [5, 5.41) is 76.7. The average molecular weight is 642 g/mol. The Morgan fingerprint density at radius 3 is 1.80 bits per heavy atom. The maximum Gasteiger partial charge on any atom is 0.273 e. The van der Waals surface area contributed by atoms with Gasteiger partial charge in [-0.2, -0.15) is 0 Å². The molecule has 46 heavy (non-hydrogen) atoms. The lowest BCUT2D eigenvalue weighted by molar-refractivity contribution is -0.122. The Balaban J connectivity index is 2.30. The summed E-state index contributed by atoms with van der Waals surface area (Å²) in [5.74, 6) is -8.29. The number of hydrogen-bond acceptors (Lipinski definition) is 10. The zero-order valence-corrected chi connectivity index (χ0v) is 27.5. The third-order valence-corrected chi connectivity index (χ3v) is 9.70. The van der Waals surface area contributed by atoms with Gasteiger partial charge in [-0.15, -0.1) is 0 Å². The van der Waals surface area contributed by atoms with Crippen molar-refractivity contribution in [1.29, 1.82) is 0 Å². The Labute approximate surface area is 268 Å². The quantitative estimate of drug-likeness (QED) is 0.202. The number of aliphatic hydroxyl groups excluding tert-OH is 5. The highest BCUT2D eigenvalue weighted by atomic mass is 16.3. The molecule has 11 unspecified atom stereocenters. The summed E-state index contributed by atoms with van der Waals surface area (Å²) in [6.07, 6.45) is -0.146. The molecule has 0 fully saturated rings. The van der Waals surface area contributed by atoms with Gasteiger partial charge in [0.15, 0.2) is 11.6 Å². The number of carbonyl (C=O) groups is 3. The standard InChI is InChI=1S/C35H47NO10/c1-14-10-9-11-15(2)35(46)36-22-13-23(37)24-25(32(43)21(8)33(44)26(24)34(22)45)29(40)17(4)12-16(3)28(39)19(6)31(42)20(7)30(41)18(5)27(14)38/h9-14,16,18-21,27-28,30-31,33,37-39,41-42,44-45H,1-8H3. The minimum Gasteiger partial charge on any atom is -0.507 e. The number of hydrogen-bond donors (Lipinski definition) is 7. The molecular formula is C35H47NO10. The summed E-state index contributed by atoms with van der Waals surface area (Å²) >= 11 is 0. The van der Waals surface area contributed by atoms with E-state index in [9.17, 15) is 50.1 Å². The normalized spacial score (nSPS) is 35.5. The molecule has 7 N–H and O–H groups in total. The van der Waals surface area contributed by atoms with E-state index in [1.807, 2.05) is 0 Å². The molecule has 0 spiro atoms. The van der Waals surface area contributed by atoms with Gasteiger partial charge in [-0.3, -0.25) is 14.4 Å². The number of Topliss-reactive ketones (excluding diaryl/α,β-unsaturated/α-hetero) is 2. The molecule has 0 saturated heterocycles. The Morgan fingerprint density at radius 1 is 0.717 bits per heavy atom. The fourth-order valence-corrected chi connectivity index (χ4v) is 6.31. The number of phenols is 2. The van der Waals surface area contributed by atoms with Crippen LogP contribution in [-0.4, -0.2) is 77.6 Å². The summed E-state index contributed by atoms with van der Waals surface area (Å²) in [4.78, 5) is 44.0. The van der Waals surface area contributed by atoms with Crippen LogP contribution in [0.15, 0.2) is 46.5 Å². The summed E-state index contributed by atoms with van der Waals surface area (Å²) in [7, 11) is 0. The van der Waals surface area contributed by atoms with Crippen LogP contribution in [-0.2, 0) is 14.4 Å². The van der Waals surface area contributed by atoms with E-state index in [-0.39, 0.29) is 27.3 Å².